The number of rotatable bonds is 10. The van der Waals surface area contributed by atoms with Crippen LogP contribution in [0.25, 0.3) is 6.08 Å². The maximum Gasteiger partial charge on any atom is 0.338 e. The smallest absolute Gasteiger partial charge is 0.338 e. The van der Waals surface area contributed by atoms with Gasteiger partial charge in [0.25, 0.3) is 5.56 Å². The Hall–Kier alpha value is -3.28. The molecule has 1 atom stereocenters. The number of hydrogen-bond acceptors (Lipinski definition) is 9. The molecule has 9 nitrogen and oxygen atoms in total. The van der Waals surface area contributed by atoms with Crippen molar-refractivity contribution in [2.24, 2.45) is 4.99 Å². The summed E-state index contributed by atoms with van der Waals surface area (Å²) in [6.45, 7) is 8.20. The number of carbonyl (C=O) groups excluding carboxylic acids is 1. The van der Waals surface area contributed by atoms with Gasteiger partial charge < -0.3 is 23.7 Å². The van der Waals surface area contributed by atoms with E-state index in [-0.39, 0.29) is 17.7 Å². The summed E-state index contributed by atoms with van der Waals surface area (Å²) in [4.78, 5) is 32.4. The molecule has 0 aliphatic carbocycles. The van der Waals surface area contributed by atoms with Gasteiger partial charge in [-0.25, -0.2) is 9.79 Å². The number of carbonyl (C=O) groups is 1. The van der Waals surface area contributed by atoms with Crippen molar-refractivity contribution in [1.29, 1.82) is 0 Å². The van der Waals surface area contributed by atoms with Crippen LogP contribution in [0.4, 0.5) is 0 Å². The molecule has 1 aliphatic rings. The van der Waals surface area contributed by atoms with Gasteiger partial charge in [-0.15, -0.1) is 0 Å². The van der Waals surface area contributed by atoms with Crippen LogP contribution in [0.2, 0.25) is 5.02 Å². The van der Waals surface area contributed by atoms with Gasteiger partial charge in [0.2, 0.25) is 0 Å². The zero-order valence-electron chi connectivity index (χ0n) is 23.5. The van der Waals surface area contributed by atoms with Crippen LogP contribution in [0.1, 0.15) is 44.9 Å². The van der Waals surface area contributed by atoms with Crippen LogP contribution in [0.5, 0.6) is 23.0 Å². The Labute approximate surface area is 254 Å². The van der Waals surface area contributed by atoms with Crippen molar-refractivity contribution < 1.29 is 28.5 Å². The maximum atomic E-state index is 14.0. The molecule has 0 spiro atoms. The van der Waals surface area contributed by atoms with Crippen LogP contribution in [0.15, 0.2) is 49.8 Å². The van der Waals surface area contributed by atoms with Crippen molar-refractivity contribution in [3.05, 3.63) is 75.8 Å². The number of benzene rings is 2. The second kappa shape index (κ2) is 13.1. The lowest BCUT2D eigenvalue weighted by Crippen LogP contribution is -2.40. The first kappa shape index (κ1) is 30.7. The molecule has 41 heavy (non-hydrogen) atoms. The fourth-order valence-corrected chi connectivity index (χ4v) is 6.44. The molecule has 0 saturated heterocycles. The molecule has 1 aromatic heterocycles. The van der Waals surface area contributed by atoms with E-state index in [0.717, 1.165) is 0 Å². The Balaban J connectivity index is 1.98. The van der Waals surface area contributed by atoms with Crippen molar-refractivity contribution >= 4 is 50.9 Å². The average molecular weight is 666 g/mol. The van der Waals surface area contributed by atoms with E-state index in [1.54, 1.807) is 44.2 Å². The van der Waals surface area contributed by atoms with E-state index in [2.05, 4.69) is 20.9 Å². The summed E-state index contributed by atoms with van der Waals surface area (Å²) in [5.41, 5.74) is 1.63. The third-order valence-corrected chi connectivity index (χ3v) is 8.18. The minimum atomic E-state index is -0.843. The number of aromatic nitrogens is 1. The highest BCUT2D eigenvalue weighted by Crippen LogP contribution is 2.41. The first-order chi connectivity index (χ1) is 19.7. The normalized spacial score (nSPS) is 14.8. The number of nitrogens with zero attached hydrogens (tertiary/aromatic N) is 2. The molecule has 1 aliphatic heterocycles. The molecular weight excluding hydrogens is 636 g/mol. The Morgan fingerprint density at radius 1 is 1.05 bits per heavy atom. The molecule has 3 aromatic rings. The second-order valence-corrected chi connectivity index (χ2v) is 11.0. The Kier molecular flexibility index (Phi) is 9.83. The highest BCUT2D eigenvalue weighted by Gasteiger charge is 2.35. The van der Waals surface area contributed by atoms with E-state index in [4.69, 9.17) is 35.3 Å². The fourth-order valence-electron chi connectivity index (χ4n) is 4.56. The maximum absolute atomic E-state index is 14.0. The van der Waals surface area contributed by atoms with E-state index in [1.807, 2.05) is 13.8 Å². The van der Waals surface area contributed by atoms with E-state index < -0.39 is 12.0 Å². The van der Waals surface area contributed by atoms with Crippen LogP contribution in [0.3, 0.4) is 0 Å². The van der Waals surface area contributed by atoms with Gasteiger partial charge in [0.1, 0.15) is 0 Å². The van der Waals surface area contributed by atoms with Gasteiger partial charge in [-0.3, -0.25) is 9.36 Å². The molecule has 0 N–H and O–H groups in total. The highest BCUT2D eigenvalue weighted by atomic mass is 79.9. The Morgan fingerprint density at radius 3 is 2.39 bits per heavy atom. The summed E-state index contributed by atoms with van der Waals surface area (Å²) in [6, 6.07) is 6.13. The molecule has 0 unspecified atom stereocenters. The molecule has 2 aromatic carbocycles. The highest BCUT2D eigenvalue weighted by molar-refractivity contribution is 9.10. The van der Waals surface area contributed by atoms with Gasteiger partial charge in [-0.2, -0.15) is 0 Å². The topological polar surface area (TPSA) is 97.6 Å². The van der Waals surface area contributed by atoms with E-state index in [9.17, 15) is 9.59 Å². The Morgan fingerprint density at radius 2 is 1.76 bits per heavy atom. The van der Waals surface area contributed by atoms with Gasteiger partial charge >= 0.3 is 5.97 Å². The van der Waals surface area contributed by atoms with Crippen molar-refractivity contribution in [3.63, 3.8) is 0 Å². The number of allylic oxidation sites excluding steroid dienone is 1. The third kappa shape index (κ3) is 6.02. The van der Waals surface area contributed by atoms with Crippen LogP contribution >= 0.6 is 38.9 Å². The third-order valence-electron chi connectivity index (χ3n) is 6.23. The first-order valence-corrected chi connectivity index (χ1v) is 14.9. The summed E-state index contributed by atoms with van der Waals surface area (Å²) >= 11 is 11.3. The molecule has 12 heteroatoms. The molecular formula is C29H30BrClN2O7S. The van der Waals surface area contributed by atoms with Gasteiger partial charge in [-0.05, 0) is 69.2 Å². The second-order valence-electron chi connectivity index (χ2n) is 8.73. The summed E-state index contributed by atoms with van der Waals surface area (Å²) < 4.78 is 30.3. The average Bonchev–Trinajstić information content (AvgIpc) is 3.22. The number of thiazole rings is 1. The lowest BCUT2D eigenvalue weighted by atomic mass is 9.95. The van der Waals surface area contributed by atoms with Crippen LogP contribution < -0.4 is 33.8 Å². The standard InChI is InChI=1S/C29H30BrClN2O7S/c1-7-38-21-14-18(30)17(13-20(21)36-5)25-24(28(35)40-9-3)15(4)32-29-33(25)27(34)23(41-29)12-16-10-19(31)26(37-6)22(11-16)39-8-2/h10-14,25H,7-9H2,1-6H3/b23-12+/t25-/m0/s1. The molecule has 0 saturated carbocycles. The van der Waals surface area contributed by atoms with Gasteiger partial charge in [0, 0.05) is 4.47 Å². The number of methoxy groups -OCH3 is 2. The first-order valence-electron chi connectivity index (χ1n) is 12.9. The lowest BCUT2D eigenvalue weighted by molar-refractivity contribution is -0.139. The number of fused-ring (bicyclic) bond motifs is 1. The van der Waals surface area contributed by atoms with Crippen molar-refractivity contribution in [2.45, 2.75) is 33.7 Å². The molecule has 2 heterocycles. The quantitative estimate of drug-likeness (QED) is 0.281. The van der Waals surface area contributed by atoms with Gasteiger partial charge in [0.15, 0.2) is 27.8 Å². The number of esters is 1. The molecule has 218 valence electrons. The van der Waals surface area contributed by atoms with Crippen LogP contribution in [-0.2, 0) is 9.53 Å². The van der Waals surface area contributed by atoms with Crippen molar-refractivity contribution in [1.82, 2.24) is 4.57 Å². The molecule has 0 fully saturated rings. The monoisotopic (exact) mass is 664 g/mol. The zero-order valence-corrected chi connectivity index (χ0v) is 26.7. The molecule has 0 radical (unpaired) electrons. The molecule has 4 rings (SSSR count). The van der Waals surface area contributed by atoms with Gasteiger partial charge in [-0.1, -0.05) is 38.9 Å². The predicted octanol–water partition coefficient (Wildman–Crippen LogP) is 5.03. The number of halogens is 2. The van der Waals surface area contributed by atoms with E-state index >= 15 is 0 Å². The van der Waals surface area contributed by atoms with E-state index in [1.165, 1.54) is 30.1 Å². The van der Waals surface area contributed by atoms with Crippen LogP contribution in [-0.4, -0.2) is 44.6 Å². The van der Waals surface area contributed by atoms with Crippen LogP contribution in [0, 0.1) is 0 Å². The van der Waals surface area contributed by atoms with Crippen molar-refractivity contribution in [2.75, 3.05) is 34.0 Å². The Bertz CT molecular complexity index is 1700. The minimum absolute atomic E-state index is 0.168. The summed E-state index contributed by atoms with van der Waals surface area (Å²) in [7, 11) is 3.05. The summed E-state index contributed by atoms with van der Waals surface area (Å²) in [6.07, 6.45) is 1.71. The SMILES string of the molecule is CCOC(=O)C1=C(C)N=c2s/c(=C/c3cc(Cl)c(OC)c(OCC)c3)c(=O)n2[C@H]1c1cc(OC)c(OCC)cc1Br. The largest absolute Gasteiger partial charge is 0.493 e. The number of ether oxygens (including phenoxy) is 5. The molecule has 0 bridgehead atoms. The summed E-state index contributed by atoms with van der Waals surface area (Å²) in [5.74, 6) is 1.30. The van der Waals surface area contributed by atoms with Gasteiger partial charge in [0.05, 0.1) is 60.9 Å². The summed E-state index contributed by atoms with van der Waals surface area (Å²) in [5, 5.41) is 0.348. The zero-order chi connectivity index (χ0) is 29.8. The van der Waals surface area contributed by atoms with E-state index in [0.29, 0.717) is 71.9 Å². The van der Waals surface area contributed by atoms with Crippen molar-refractivity contribution in [3.8, 4) is 23.0 Å². The minimum Gasteiger partial charge on any atom is -0.493 e. The predicted molar refractivity (Wildman–Crippen MR) is 161 cm³/mol. The lowest BCUT2D eigenvalue weighted by Gasteiger charge is -2.26. The molecule has 0 amide bonds. The fraction of sp³-hybridized carbons (Fsp3) is 0.345. The number of hydrogen-bond donors (Lipinski definition) is 0.